The Kier molecular flexibility index (Phi) is 4.22. The molecule has 3 heteroatoms. The summed E-state index contributed by atoms with van der Waals surface area (Å²) in [4.78, 5) is 4.98. The molecule has 2 atom stereocenters. The molecule has 0 saturated carbocycles. The zero-order chi connectivity index (χ0) is 11.5. The van der Waals surface area contributed by atoms with E-state index in [9.17, 15) is 5.11 Å². The predicted octanol–water partition coefficient (Wildman–Crippen LogP) is 1.17. The first-order valence-corrected chi connectivity index (χ1v) is 6.81. The lowest BCUT2D eigenvalue weighted by Gasteiger charge is -2.49. The third-order valence-electron chi connectivity index (χ3n) is 4.05. The lowest BCUT2D eigenvalue weighted by atomic mass is 9.96. The molecular formula is C13H26N2O. The van der Waals surface area contributed by atoms with Crippen LogP contribution >= 0.6 is 0 Å². The van der Waals surface area contributed by atoms with E-state index < -0.39 is 0 Å². The van der Waals surface area contributed by atoms with Crippen LogP contribution in [0, 0.1) is 5.92 Å². The van der Waals surface area contributed by atoms with Gasteiger partial charge in [-0.25, -0.2) is 0 Å². The maximum atomic E-state index is 10.2. The summed E-state index contributed by atoms with van der Waals surface area (Å²) in [5.41, 5.74) is 0. The Morgan fingerprint density at radius 3 is 2.31 bits per heavy atom. The molecule has 3 aliphatic heterocycles. The maximum absolute atomic E-state index is 10.2. The summed E-state index contributed by atoms with van der Waals surface area (Å²) < 4.78 is 0. The zero-order valence-electron chi connectivity index (χ0n) is 10.7. The van der Waals surface area contributed by atoms with E-state index in [2.05, 4.69) is 23.6 Å². The van der Waals surface area contributed by atoms with Crippen molar-refractivity contribution in [2.75, 3.05) is 32.7 Å². The number of nitrogens with zero attached hydrogens (tertiary/aromatic N) is 2. The molecule has 16 heavy (non-hydrogen) atoms. The Morgan fingerprint density at radius 1 is 1.12 bits per heavy atom. The first-order chi connectivity index (χ1) is 7.66. The highest BCUT2D eigenvalue weighted by Gasteiger charge is 2.35. The average molecular weight is 226 g/mol. The van der Waals surface area contributed by atoms with Crippen molar-refractivity contribution in [3.63, 3.8) is 0 Å². The monoisotopic (exact) mass is 226 g/mol. The van der Waals surface area contributed by atoms with Crippen LogP contribution in [0.2, 0.25) is 0 Å². The smallest absolute Gasteiger partial charge is 0.0707 e. The molecule has 2 bridgehead atoms. The highest BCUT2D eigenvalue weighted by atomic mass is 16.3. The van der Waals surface area contributed by atoms with Gasteiger partial charge in [-0.1, -0.05) is 26.7 Å². The van der Waals surface area contributed by atoms with E-state index in [1.165, 1.54) is 25.9 Å². The molecular weight excluding hydrogens is 200 g/mol. The fraction of sp³-hybridized carbons (Fsp3) is 1.00. The van der Waals surface area contributed by atoms with Crippen molar-refractivity contribution in [1.29, 1.82) is 0 Å². The second-order valence-corrected chi connectivity index (χ2v) is 5.80. The molecule has 3 aliphatic rings. The van der Waals surface area contributed by atoms with Gasteiger partial charge in [-0.2, -0.15) is 0 Å². The number of rotatable bonds is 5. The second kappa shape index (κ2) is 5.48. The van der Waals surface area contributed by atoms with Gasteiger partial charge in [-0.05, 0) is 12.3 Å². The quantitative estimate of drug-likeness (QED) is 0.762. The minimum atomic E-state index is -0.109. The summed E-state index contributed by atoms with van der Waals surface area (Å²) in [7, 11) is 0. The van der Waals surface area contributed by atoms with Crippen LogP contribution in [0.3, 0.4) is 0 Å². The van der Waals surface area contributed by atoms with Crippen molar-refractivity contribution < 1.29 is 5.11 Å². The first kappa shape index (κ1) is 12.3. The molecule has 3 fully saturated rings. The molecule has 0 aromatic heterocycles. The molecule has 94 valence electrons. The third-order valence-corrected chi connectivity index (χ3v) is 4.05. The van der Waals surface area contributed by atoms with Crippen LogP contribution in [0.5, 0.6) is 0 Å². The van der Waals surface area contributed by atoms with Crippen molar-refractivity contribution >= 4 is 0 Å². The SMILES string of the molecule is CC(C)CCCC(O)C1CN2CCN1CC2. The Balaban J connectivity index is 1.74. The second-order valence-electron chi connectivity index (χ2n) is 5.80. The van der Waals surface area contributed by atoms with Crippen molar-refractivity contribution in [3.8, 4) is 0 Å². The van der Waals surface area contributed by atoms with Gasteiger partial charge in [0.1, 0.15) is 0 Å². The van der Waals surface area contributed by atoms with Gasteiger partial charge in [-0.3, -0.25) is 9.80 Å². The minimum absolute atomic E-state index is 0.109. The van der Waals surface area contributed by atoms with E-state index >= 15 is 0 Å². The highest BCUT2D eigenvalue weighted by Crippen LogP contribution is 2.21. The summed E-state index contributed by atoms with van der Waals surface area (Å²) in [6.45, 7) is 10.3. The highest BCUT2D eigenvalue weighted by molar-refractivity contribution is 4.91. The predicted molar refractivity (Wildman–Crippen MR) is 66.5 cm³/mol. The molecule has 2 unspecified atom stereocenters. The van der Waals surface area contributed by atoms with E-state index in [0.717, 1.165) is 32.0 Å². The number of fused-ring (bicyclic) bond motifs is 3. The van der Waals surface area contributed by atoms with Crippen molar-refractivity contribution in [2.24, 2.45) is 5.92 Å². The number of aliphatic hydroxyl groups is 1. The van der Waals surface area contributed by atoms with Crippen molar-refractivity contribution in [1.82, 2.24) is 9.80 Å². The number of hydrogen-bond acceptors (Lipinski definition) is 3. The van der Waals surface area contributed by atoms with E-state index in [0.29, 0.717) is 6.04 Å². The Labute approximate surface area is 99.4 Å². The number of hydrogen-bond donors (Lipinski definition) is 1. The Bertz CT molecular complexity index is 212. The molecule has 0 radical (unpaired) electrons. The molecule has 3 heterocycles. The first-order valence-electron chi connectivity index (χ1n) is 6.81. The molecule has 0 spiro atoms. The summed E-state index contributed by atoms with van der Waals surface area (Å²) in [6.07, 6.45) is 3.28. The van der Waals surface area contributed by atoms with Gasteiger partial charge in [0.05, 0.1) is 6.10 Å². The van der Waals surface area contributed by atoms with Crippen LogP contribution in [0.4, 0.5) is 0 Å². The molecule has 1 N–H and O–H groups in total. The topological polar surface area (TPSA) is 26.7 Å². The fourth-order valence-electron chi connectivity index (χ4n) is 2.95. The molecule has 3 rings (SSSR count). The Morgan fingerprint density at radius 2 is 1.81 bits per heavy atom. The fourth-order valence-corrected chi connectivity index (χ4v) is 2.95. The van der Waals surface area contributed by atoms with Crippen LogP contribution in [-0.4, -0.2) is 59.8 Å². The molecule has 0 aromatic rings. The van der Waals surface area contributed by atoms with E-state index in [1.54, 1.807) is 0 Å². The molecule has 3 saturated heterocycles. The van der Waals surface area contributed by atoms with Gasteiger partial charge in [0.2, 0.25) is 0 Å². The van der Waals surface area contributed by atoms with Crippen LogP contribution in [0.1, 0.15) is 33.1 Å². The van der Waals surface area contributed by atoms with Crippen LogP contribution in [0.25, 0.3) is 0 Å². The largest absolute Gasteiger partial charge is 0.391 e. The van der Waals surface area contributed by atoms with E-state index in [4.69, 9.17) is 0 Å². The van der Waals surface area contributed by atoms with Gasteiger partial charge in [0, 0.05) is 38.8 Å². The normalized spacial score (nSPS) is 35.6. The van der Waals surface area contributed by atoms with Gasteiger partial charge >= 0.3 is 0 Å². The lowest BCUT2D eigenvalue weighted by Crippen LogP contribution is -2.64. The third kappa shape index (κ3) is 2.96. The molecule has 0 amide bonds. The lowest BCUT2D eigenvalue weighted by molar-refractivity contribution is -0.0487. The number of aliphatic hydroxyl groups excluding tert-OH is 1. The van der Waals surface area contributed by atoms with Crippen molar-refractivity contribution in [3.05, 3.63) is 0 Å². The number of piperazine rings is 3. The van der Waals surface area contributed by atoms with Gasteiger partial charge < -0.3 is 5.11 Å². The molecule has 3 nitrogen and oxygen atoms in total. The van der Waals surface area contributed by atoms with Crippen LogP contribution in [0.15, 0.2) is 0 Å². The van der Waals surface area contributed by atoms with E-state index in [-0.39, 0.29) is 6.10 Å². The summed E-state index contributed by atoms with van der Waals surface area (Å²) in [6, 6.07) is 0.412. The van der Waals surface area contributed by atoms with Gasteiger partial charge in [-0.15, -0.1) is 0 Å². The summed E-state index contributed by atoms with van der Waals surface area (Å²) >= 11 is 0. The summed E-state index contributed by atoms with van der Waals surface area (Å²) in [5.74, 6) is 0.763. The van der Waals surface area contributed by atoms with Crippen LogP contribution in [-0.2, 0) is 0 Å². The molecule has 0 aromatic carbocycles. The van der Waals surface area contributed by atoms with E-state index in [1.807, 2.05) is 0 Å². The maximum Gasteiger partial charge on any atom is 0.0707 e. The van der Waals surface area contributed by atoms with Gasteiger partial charge in [0.15, 0.2) is 0 Å². The Hall–Kier alpha value is -0.120. The minimum Gasteiger partial charge on any atom is -0.391 e. The van der Waals surface area contributed by atoms with Crippen molar-refractivity contribution in [2.45, 2.75) is 45.3 Å². The molecule has 0 aliphatic carbocycles. The van der Waals surface area contributed by atoms with Gasteiger partial charge in [0.25, 0.3) is 0 Å². The zero-order valence-corrected chi connectivity index (χ0v) is 10.7. The standard InChI is InChI=1S/C13H26N2O/c1-11(2)4-3-5-13(16)12-10-14-6-8-15(12)9-7-14/h11-13,16H,3-10H2,1-2H3. The van der Waals surface area contributed by atoms with Crippen LogP contribution < -0.4 is 0 Å². The summed E-state index contributed by atoms with van der Waals surface area (Å²) in [5, 5.41) is 10.2. The average Bonchev–Trinajstić information content (AvgIpc) is 2.30.